The highest BCUT2D eigenvalue weighted by molar-refractivity contribution is 5.96. The summed E-state index contributed by atoms with van der Waals surface area (Å²) in [5.74, 6) is 0.0695. The van der Waals surface area contributed by atoms with E-state index >= 15 is 0 Å². The predicted octanol–water partition coefficient (Wildman–Crippen LogP) is 5.08. The number of aromatic amines is 1. The smallest absolute Gasteiger partial charge is 0.435 e. The lowest BCUT2D eigenvalue weighted by Crippen LogP contribution is -2.39. The number of amides is 1. The normalized spacial score (nSPS) is 12.1. The maximum atomic E-state index is 13.0. The highest BCUT2D eigenvalue weighted by Gasteiger charge is 2.36. The van der Waals surface area contributed by atoms with Gasteiger partial charge in [-0.2, -0.15) is 13.2 Å². The molecule has 3 aromatic rings. The van der Waals surface area contributed by atoms with Gasteiger partial charge in [0.1, 0.15) is 11.6 Å². The molecule has 0 spiro atoms. The molecule has 1 heterocycles. The van der Waals surface area contributed by atoms with Crippen LogP contribution in [0.15, 0.2) is 42.5 Å². The number of ether oxygens (including phenoxy) is 1. The van der Waals surface area contributed by atoms with Gasteiger partial charge >= 0.3 is 6.18 Å². The number of hydrogen-bond donors (Lipinski definition) is 3. The molecule has 1 amide bonds. The Morgan fingerprint density at radius 3 is 2.54 bits per heavy atom. The van der Waals surface area contributed by atoms with E-state index in [1.807, 2.05) is 6.92 Å². The largest absolute Gasteiger partial charge is 0.505 e. The number of carbonyl (C=O) groups is 1. The van der Waals surface area contributed by atoms with Crippen molar-refractivity contribution in [3.63, 3.8) is 0 Å². The molecule has 0 unspecified atom stereocenters. The molecular formula is C25H25F3N4O3. The van der Waals surface area contributed by atoms with E-state index in [0.29, 0.717) is 24.3 Å². The van der Waals surface area contributed by atoms with E-state index in [1.54, 1.807) is 36.4 Å². The molecule has 0 radical (unpaired) electrons. The second-order valence-electron chi connectivity index (χ2n) is 7.95. The van der Waals surface area contributed by atoms with Crippen molar-refractivity contribution in [2.24, 2.45) is 0 Å². The van der Waals surface area contributed by atoms with Gasteiger partial charge in [-0.3, -0.25) is 4.79 Å². The Morgan fingerprint density at radius 2 is 1.97 bits per heavy atom. The van der Waals surface area contributed by atoms with Crippen molar-refractivity contribution in [2.75, 3.05) is 13.2 Å². The second-order valence-corrected chi connectivity index (χ2v) is 7.95. The van der Waals surface area contributed by atoms with Crippen LogP contribution in [0.4, 0.5) is 18.9 Å². The van der Waals surface area contributed by atoms with Gasteiger partial charge in [0, 0.05) is 16.8 Å². The Balaban J connectivity index is 1.68. The third-order valence-corrected chi connectivity index (χ3v) is 5.22. The van der Waals surface area contributed by atoms with Crippen LogP contribution in [-0.4, -0.2) is 40.2 Å². The molecule has 1 aromatic heterocycles. The summed E-state index contributed by atoms with van der Waals surface area (Å²) < 4.78 is 44.5. The van der Waals surface area contributed by atoms with Gasteiger partial charge in [0.2, 0.25) is 11.6 Å². The molecule has 10 heteroatoms. The summed E-state index contributed by atoms with van der Waals surface area (Å²) >= 11 is 0. The first-order valence-electron chi connectivity index (χ1n) is 10.9. The van der Waals surface area contributed by atoms with E-state index in [1.165, 1.54) is 13.0 Å². The Labute approximate surface area is 200 Å². The lowest BCUT2D eigenvalue weighted by molar-refractivity contribution is -0.141. The maximum absolute atomic E-state index is 13.0. The van der Waals surface area contributed by atoms with E-state index in [0.717, 1.165) is 12.0 Å². The second kappa shape index (κ2) is 11.1. The lowest BCUT2D eigenvalue weighted by Gasteiger charge is -2.17. The number of nitrogens with one attached hydrogen (secondary N) is 2. The minimum atomic E-state index is -4.54. The van der Waals surface area contributed by atoms with Crippen molar-refractivity contribution < 1.29 is 27.8 Å². The Morgan fingerprint density at radius 1 is 1.26 bits per heavy atom. The van der Waals surface area contributed by atoms with Crippen LogP contribution < -0.4 is 10.1 Å². The van der Waals surface area contributed by atoms with Gasteiger partial charge in [-0.05, 0) is 43.5 Å². The summed E-state index contributed by atoms with van der Waals surface area (Å²) in [4.78, 5) is 22.4. The number of imidazole rings is 1. The number of aliphatic hydroxyl groups excluding tert-OH is 1. The molecule has 3 N–H and O–H groups in total. The molecule has 0 bridgehead atoms. The fraction of sp³-hybridized carbons (Fsp3) is 0.320. The topological polar surface area (TPSA) is 91.6 Å². The molecule has 0 aliphatic heterocycles. The van der Waals surface area contributed by atoms with Crippen molar-refractivity contribution in [2.45, 2.75) is 38.9 Å². The molecule has 0 saturated heterocycles. The van der Waals surface area contributed by atoms with E-state index in [-0.39, 0.29) is 29.4 Å². The van der Waals surface area contributed by atoms with Gasteiger partial charge < -0.3 is 20.1 Å². The van der Waals surface area contributed by atoms with Crippen LogP contribution in [0, 0.1) is 13.5 Å². The summed E-state index contributed by atoms with van der Waals surface area (Å²) in [6, 6.07) is 10.6. The van der Waals surface area contributed by atoms with Crippen molar-refractivity contribution in [3.05, 3.63) is 76.4 Å². The van der Waals surface area contributed by atoms with Crippen LogP contribution >= 0.6 is 0 Å². The number of aliphatic hydroxyl groups is 1. The van der Waals surface area contributed by atoms with Crippen LogP contribution in [0.5, 0.6) is 5.75 Å². The number of benzene rings is 2. The molecular weight excluding hydrogens is 461 g/mol. The van der Waals surface area contributed by atoms with Crippen molar-refractivity contribution in [1.29, 1.82) is 0 Å². The summed E-state index contributed by atoms with van der Waals surface area (Å²) in [5.41, 5.74) is 0.717. The van der Waals surface area contributed by atoms with Gasteiger partial charge in [0.25, 0.3) is 0 Å². The minimum absolute atomic E-state index is 0.0639. The van der Waals surface area contributed by atoms with Crippen molar-refractivity contribution >= 4 is 11.6 Å². The summed E-state index contributed by atoms with van der Waals surface area (Å²) in [6.45, 7) is 10.7. The number of halogens is 3. The van der Waals surface area contributed by atoms with Crippen LogP contribution in [0.3, 0.4) is 0 Å². The molecule has 184 valence electrons. The molecule has 35 heavy (non-hydrogen) atoms. The molecule has 1 atom stereocenters. The maximum Gasteiger partial charge on any atom is 0.435 e. The first kappa shape index (κ1) is 25.8. The van der Waals surface area contributed by atoms with E-state index in [2.05, 4.69) is 20.1 Å². The number of nitrogens with zero attached hydrogens (tertiary/aromatic N) is 2. The van der Waals surface area contributed by atoms with Crippen LogP contribution in [-0.2, 0) is 12.6 Å². The van der Waals surface area contributed by atoms with Crippen LogP contribution in [0.1, 0.15) is 40.7 Å². The number of aromatic nitrogens is 2. The first-order valence-corrected chi connectivity index (χ1v) is 10.9. The molecule has 0 aliphatic carbocycles. The number of H-pyrrole nitrogens is 1. The van der Waals surface area contributed by atoms with Gasteiger partial charge in [-0.1, -0.05) is 31.2 Å². The van der Waals surface area contributed by atoms with Crippen LogP contribution in [0.2, 0.25) is 0 Å². The molecule has 0 saturated carbocycles. The zero-order chi connectivity index (χ0) is 25.6. The molecule has 7 nitrogen and oxygen atoms in total. The van der Waals surface area contributed by atoms with Gasteiger partial charge in [0.15, 0.2) is 5.69 Å². The van der Waals surface area contributed by atoms with Gasteiger partial charge in [-0.25, -0.2) is 9.83 Å². The number of alkyl halides is 3. The minimum Gasteiger partial charge on any atom is -0.505 e. The lowest BCUT2D eigenvalue weighted by atomic mass is 10.0. The van der Waals surface area contributed by atoms with E-state index < -0.39 is 23.8 Å². The summed E-state index contributed by atoms with van der Waals surface area (Å²) in [7, 11) is 0. The number of rotatable bonds is 9. The zero-order valence-corrected chi connectivity index (χ0v) is 19.2. The summed E-state index contributed by atoms with van der Waals surface area (Å²) in [6.07, 6.45) is -3.46. The average Bonchev–Trinajstić information content (AvgIpc) is 3.24. The molecule has 0 fully saturated rings. The monoisotopic (exact) mass is 486 g/mol. The van der Waals surface area contributed by atoms with E-state index in [9.17, 15) is 23.1 Å². The van der Waals surface area contributed by atoms with Crippen LogP contribution in [0.25, 0.3) is 16.2 Å². The Hall–Kier alpha value is -3.84. The standard InChI is InChI=1S/C25H25F3N4O3/c1-4-11-35-21-10-9-18(13-20(21)29-3)24(34)31-19(14-33)12-16-5-7-17(8-6-16)23-30-15(2)22(32-23)25(26,27)28/h5-10,13,19,33H,4,11-12,14H2,1-2H3,(H,30,32)(H,31,34)/t19-/m0/s1. The van der Waals surface area contributed by atoms with Gasteiger partial charge in [-0.15, -0.1) is 0 Å². The van der Waals surface area contributed by atoms with Crippen molar-refractivity contribution in [3.8, 4) is 17.1 Å². The summed E-state index contributed by atoms with van der Waals surface area (Å²) in [5, 5.41) is 12.5. The molecule has 3 rings (SSSR count). The third kappa shape index (κ3) is 6.39. The van der Waals surface area contributed by atoms with Crippen molar-refractivity contribution in [1.82, 2.24) is 15.3 Å². The SMILES string of the molecule is [C-]#[N+]c1cc(C(=O)N[C@H](CO)Cc2ccc(-c3nc(C(F)(F)F)c(C)[nH]3)cc2)ccc1OCCC. The molecule has 0 aliphatic rings. The molecule has 2 aromatic carbocycles. The average molecular weight is 486 g/mol. The Bertz CT molecular complexity index is 1210. The quantitative estimate of drug-likeness (QED) is 0.368. The first-order chi connectivity index (χ1) is 16.7. The fourth-order valence-corrected chi connectivity index (χ4v) is 3.47. The van der Waals surface area contributed by atoms with Gasteiger partial charge in [0.05, 0.1) is 25.8 Å². The predicted molar refractivity (Wildman–Crippen MR) is 124 cm³/mol. The van der Waals surface area contributed by atoms with E-state index in [4.69, 9.17) is 11.3 Å². The Kier molecular flexibility index (Phi) is 8.14. The zero-order valence-electron chi connectivity index (χ0n) is 19.2. The highest BCUT2D eigenvalue weighted by Crippen LogP contribution is 2.32. The third-order valence-electron chi connectivity index (χ3n) is 5.22. The number of aryl methyl sites for hydroxylation is 1. The highest BCUT2D eigenvalue weighted by atomic mass is 19.4. The number of hydrogen-bond acceptors (Lipinski definition) is 4. The fourth-order valence-electron chi connectivity index (χ4n) is 3.47. The number of carbonyl (C=O) groups excluding carboxylic acids is 1.